The van der Waals surface area contributed by atoms with E-state index in [1.54, 1.807) is 6.07 Å². The molecule has 0 spiro atoms. The highest BCUT2D eigenvalue weighted by molar-refractivity contribution is 5.30. The molecule has 1 heterocycles. The molecule has 0 aromatic carbocycles. The molecule has 0 aliphatic heterocycles. The van der Waals surface area contributed by atoms with Crippen LogP contribution >= 0.6 is 0 Å². The first-order valence-electron chi connectivity index (χ1n) is 3.98. The third kappa shape index (κ3) is 2.37. The molecule has 0 saturated carbocycles. The Morgan fingerprint density at radius 1 is 1.60 bits per heavy atom. The molecule has 1 rings (SSSR count). The molecule has 0 aliphatic carbocycles. The summed E-state index contributed by atoms with van der Waals surface area (Å²) in [5.41, 5.74) is -0.736. The average molecular weight is 216 g/mol. The van der Waals surface area contributed by atoms with E-state index in [1.807, 2.05) is 0 Å². The van der Waals surface area contributed by atoms with E-state index in [0.29, 0.717) is 0 Å². The Balaban J connectivity index is 3.26. The Morgan fingerprint density at radius 2 is 2.27 bits per heavy atom. The van der Waals surface area contributed by atoms with Crippen LogP contribution in [0, 0.1) is 17.1 Å². The molecule has 15 heavy (non-hydrogen) atoms. The first-order valence-corrected chi connectivity index (χ1v) is 3.98. The van der Waals surface area contributed by atoms with Gasteiger partial charge in [-0.3, -0.25) is 0 Å². The summed E-state index contributed by atoms with van der Waals surface area (Å²) in [7, 11) is 1.13. The summed E-state index contributed by atoms with van der Waals surface area (Å²) < 4.78 is 42.4. The van der Waals surface area contributed by atoms with Gasteiger partial charge >= 0.3 is 0 Å². The van der Waals surface area contributed by atoms with E-state index in [1.165, 1.54) is 0 Å². The Kier molecular flexibility index (Phi) is 3.50. The normalized spacial score (nSPS) is 10.1. The number of hydrogen-bond acceptors (Lipinski definition) is 3. The first-order chi connectivity index (χ1) is 7.10. The summed E-state index contributed by atoms with van der Waals surface area (Å²) in [5, 5.41) is 8.37. The lowest BCUT2D eigenvalue weighted by Crippen LogP contribution is -2.03. The van der Waals surface area contributed by atoms with Gasteiger partial charge in [-0.2, -0.15) is 5.26 Å². The van der Waals surface area contributed by atoms with Crippen LogP contribution in [0.1, 0.15) is 17.7 Å². The number of rotatable bonds is 3. The summed E-state index contributed by atoms with van der Waals surface area (Å²) in [6.07, 6.45) is -3.17. The zero-order valence-electron chi connectivity index (χ0n) is 7.80. The first kappa shape index (κ1) is 11.3. The molecule has 1 aromatic rings. The van der Waals surface area contributed by atoms with Crippen LogP contribution in [-0.2, 0) is 6.42 Å². The van der Waals surface area contributed by atoms with Gasteiger partial charge in [-0.25, -0.2) is 18.2 Å². The molecule has 3 nitrogen and oxygen atoms in total. The summed E-state index contributed by atoms with van der Waals surface area (Å²) in [6, 6.07) is 2.51. The van der Waals surface area contributed by atoms with Gasteiger partial charge in [0.05, 0.1) is 19.6 Å². The van der Waals surface area contributed by atoms with Crippen LogP contribution in [0.4, 0.5) is 13.2 Å². The van der Waals surface area contributed by atoms with Crippen LogP contribution in [0.5, 0.6) is 5.88 Å². The van der Waals surface area contributed by atoms with E-state index in [4.69, 9.17) is 5.26 Å². The number of ether oxygens (including phenoxy) is 1. The molecular weight excluding hydrogens is 209 g/mol. The van der Waals surface area contributed by atoms with Crippen molar-refractivity contribution in [2.45, 2.75) is 12.8 Å². The third-order valence-corrected chi connectivity index (χ3v) is 1.73. The highest BCUT2D eigenvalue weighted by Crippen LogP contribution is 2.26. The maximum atomic E-state index is 13.1. The fourth-order valence-corrected chi connectivity index (χ4v) is 1.08. The van der Waals surface area contributed by atoms with Gasteiger partial charge in [0.1, 0.15) is 5.69 Å². The van der Waals surface area contributed by atoms with E-state index in [9.17, 15) is 13.2 Å². The van der Waals surface area contributed by atoms with Crippen molar-refractivity contribution < 1.29 is 17.9 Å². The molecule has 0 saturated heterocycles. The second-order valence-corrected chi connectivity index (χ2v) is 2.66. The molecule has 1 aromatic heterocycles. The van der Waals surface area contributed by atoms with Crippen LogP contribution in [0.3, 0.4) is 0 Å². The van der Waals surface area contributed by atoms with E-state index < -0.39 is 23.8 Å². The van der Waals surface area contributed by atoms with E-state index in [-0.39, 0.29) is 12.0 Å². The number of methoxy groups -OCH3 is 1. The minimum Gasteiger partial charge on any atom is -0.479 e. The monoisotopic (exact) mass is 216 g/mol. The van der Waals surface area contributed by atoms with Gasteiger partial charge in [-0.15, -0.1) is 0 Å². The molecule has 0 amide bonds. The summed E-state index contributed by atoms with van der Waals surface area (Å²) in [4.78, 5) is 3.31. The second-order valence-electron chi connectivity index (χ2n) is 2.66. The Labute approximate surface area is 84.1 Å². The van der Waals surface area contributed by atoms with E-state index >= 15 is 0 Å². The highest BCUT2D eigenvalue weighted by atomic mass is 19.3. The average Bonchev–Trinajstić information content (AvgIpc) is 2.18. The summed E-state index contributed by atoms with van der Waals surface area (Å²) >= 11 is 0. The van der Waals surface area contributed by atoms with Crippen molar-refractivity contribution in [2.75, 3.05) is 7.11 Å². The maximum absolute atomic E-state index is 13.1. The molecule has 0 atom stereocenters. The van der Waals surface area contributed by atoms with Crippen molar-refractivity contribution in [1.29, 1.82) is 5.26 Å². The molecule has 0 unspecified atom stereocenters. The van der Waals surface area contributed by atoms with Crippen LogP contribution in [-0.4, -0.2) is 12.1 Å². The fourth-order valence-electron chi connectivity index (χ4n) is 1.08. The molecule has 0 aliphatic rings. The second kappa shape index (κ2) is 4.64. The minimum atomic E-state index is -2.86. The highest BCUT2D eigenvalue weighted by Gasteiger charge is 2.19. The van der Waals surface area contributed by atoms with Gasteiger partial charge in [-0.05, 0) is 11.6 Å². The number of alkyl halides is 2. The van der Waals surface area contributed by atoms with Crippen molar-refractivity contribution in [1.82, 2.24) is 4.98 Å². The molecule has 80 valence electrons. The van der Waals surface area contributed by atoms with Gasteiger partial charge in [0, 0.05) is 0 Å². The lowest BCUT2D eigenvalue weighted by Gasteiger charge is -2.08. The lowest BCUT2D eigenvalue weighted by molar-refractivity contribution is 0.143. The van der Waals surface area contributed by atoms with Gasteiger partial charge in [0.15, 0.2) is 5.82 Å². The van der Waals surface area contributed by atoms with Crippen molar-refractivity contribution in [3.63, 3.8) is 0 Å². The topological polar surface area (TPSA) is 45.9 Å². The minimum absolute atomic E-state index is 0.120. The smallest absolute Gasteiger partial charge is 0.280 e. The van der Waals surface area contributed by atoms with Gasteiger partial charge in [0.2, 0.25) is 0 Å². The van der Waals surface area contributed by atoms with Crippen LogP contribution in [0.15, 0.2) is 6.07 Å². The van der Waals surface area contributed by atoms with Gasteiger partial charge in [-0.1, -0.05) is 0 Å². The summed E-state index contributed by atoms with van der Waals surface area (Å²) in [6.45, 7) is 0. The quantitative estimate of drug-likeness (QED) is 0.778. The molecule has 6 heteroatoms. The van der Waals surface area contributed by atoms with Crippen molar-refractivity contribution in [3.05, 3.63) is 23.1 Å². The Bertz CT molecular complexity index is 401. The zero-order valence-corrected chi connectivity index (χ0v) is 7.80. The SMILES string of the molecule is COc1nc(C(F)F)c(CC#N)cc1F. The largest absolute Gasteiger partial charge is 0.479 e. The van der Waals surface area contributed by atoms with Crippen LogP contribution < -0.4 is 4.74 Å². The number of halogens is 3. The predicted octanol–water partition coefficient (Wildman–Crippen LogP) is 2.23. The van der Waals surface area contributed by atoms with E-state index in [0.717, 1.165) is 13.2 Å². The number of nitrogens with zero attached hydrogens (tertiary/aromatic N) is 2. The van der Waals surface area contributed by atoms with Crippen LogP contribution in [0.2, 0.25) is 0 Å². The third-order valence-electron chi connectivity index (χ3n) is 1.73. The van der Waals surface area contributed by atoms with Crippen molar-refractivity contribution >= 4 is 0 Å². The van der Waals surface area contributed by atoms with Crippen LogP contribution in [0.25, 0.3) is 0 Å². The Hall–Kier alpha value is -1.77. The van der Waals surface area contributed by atoms with Crippen molar-refractivity contribution in [3.8, 4) is 11.9 Å². The predicted molar refractivity (Wildman–Crippen MR) is 45.0 cm³/mol. The molecule has 0 N–H and O–H groups in total. The van der Waals surface area contributed by atoms with Gasteiger partial charge in [0.25, 0.3) is 12.3 Å². The number of pyridine rings is 1. The number of aromatic nitrogens is 1. The number of hydrogen-bond donors (Lipinski definition) is 0. The summed E-state index contributed by atoms with van der Waals surface area (Å²) in [5.74, 6) is -1.35. The molecule has 0 fully saturated rings. The van der Waals surface area contributed by atoms with E-state index in [2.05, 4.69) is 9.72 Å². The Morgan fingerprint density at radius 3 is 2.73 bits per heavy atom. The fraction of sp³-hybridized carbons (Fsp3) is 0.333. The molecule has 0 radical (unpaired) electrons. The van der Waals surface area contributed by atoms with Gasteiger partial charge < -0.3 is 4.74 Å². The number of nitriles is 1. The standard InChI is InChI=1S/C9H7F3N2O/c1-15-9-6(10)4-5(2-3-13)7(14-9)8(11)12/h4,8H,2H2,1H3. The van der Waals surface area contributed by atoms with Crippen molar-refractivity contribution in [2.24, 2.45) is 0 Å². The molecular formula is C9H7F3N2O. The maximum Gasteiger partial charge on any atom is 0.280 e. The zero-order chi connectivity index (χ0) is 11.4. The lowest BCUT2D eigenvalue weighted by atomic mass is 10.1. The molecule has 0 bridgehead atoms.